The van der Waals surface area contributed by atoms with Crippen LogP contribution < -0.4 is 4.74 Å². The largest absolute Gasteiger partial charge is 0.504 e. The maximum atomic E-state index is 12.3. The third-order valence-electron chi connectivity index (χ3n) is 4.54. The number of carbonyl (C=O) groups excluding carboxylic acids is 1. The lowest BCUT2D eigenvalue weighted by Crippen LogP contribution is -2.54. The SMILES string of the molecule is COc1c(O)cc2c(c1O)[C@@H]1O[C@H](CO)[C@@H](O)[C@H](O)[C@H]1CC2=O. The summed E-state index contributed by atoms with van der Waals surface area (Å²) in [5.41, 5.74) is 0.160. The summed E-state index contributed by atoms with van der Waals surface area (Å²) in [6.07, 6.45) is -4.70. The number of rotatable bonds is 2. The van der Waals surface area contributed by atoms with E-state index in [-0.39, 0.29) is 29.0 Å². The van der Waals surface area contributed by atoms with Gasteiger partial charge in [0, 0.05) is 23.5 Å². The first-order chi connectivity index (χ1) is 10.9. The van der Waals surface area contributed by atoms with E-state index in [0.717, 1.165) is 0 Å². The van der Waals surface area contributed by atoms with Crippen LogP contribution in [0.1, 0.15) is 28.4 Å². The predicted molar refractivity (Wildman–Crippen MR) is 75.5 cm³/mol. The number of fused-ring (bicyclic) bond motifs is 3. The highest BCUT2D eigenvalue weighted by Crippen LogP contribution is 2.52. The first-order valence-electron chi connectivity index (χ1n) is 7.19. The van der Waals surface area contributed by atoms with E-state index in [4.69, 9.17) is 9.47 Å². The molecule has 0 saturated carbocycles. The fourth-order valence-electron chi connectivity index (χ4n) is 3.38. The number of aliphatic hydroxyl groups excluding tert-OH is 3. The van der Waals surface area contributed by atoms with Crippen LogP contribution in [0, 0.1) is 5.92 Å². The lowest BCUT2D eigenvalue weighted by Gasteiger charge is -2.45. The van der Waals surface area contributed by atoms with Gasteiger partial charge in [-0.15, -0.1) is 0 Å². The van der Waals surface area contributed by atoms with Crippen LogP contribution in [0.25, 0.3) is 0 Å². The van der Waals surface area contributed by atoms with Gasteiger partial charge in [0.1, 0.15) is 12.2 Å². The van der Waals surface area contributed by atoms with Gasteiger partial charge in [0.05, 0.1) is 25.9 Å². The van der Waals surface area contributed by atoms with Crippen molar-refractivity contribution in [2.75, 3.05) is 13.7 Å². The van der Waals surface area contributed by atoms with Gasteiger partial charge >= 0.3 is 0 Å². The van der Waals surface area contributed by atoms with Gasteiger partial charge in [-0.25, -0.2) is 0 Å². The van der Waals surface area contributed by atoms with Crippen LogP contribution in [-0.2, 0) is 4.74 Å². The number of carbonyl (C=O) groups is 1. The molecule has 0 radical (unpaired) electrons. The molecule has 1 fully saturated rings. The van der Waals surface area contributed by atoms with Gasteiger partial charge in [-0.3, -0.25) is 4.79 Å². The number of methoxy groups -OCH3 is 1. The van der Waals surface area contributed by atoms with E-state index >= 15 is 0 Å². The molecule has 0 aromatic heterocycles. The van der Waals surface area contributed by atoms with E-state index in [1.165, 1.54) is 13.2 Å². The number of Topliss-reactive ketones (excluding diaryl/α,β-unsaturated/α-hetero) is 1. The van der Waals surface area contributed by atoms with E-state index in [2.05, 4.69) is 0 Å². The van der Waals surface area contributed by atoms with Crippen molar-refractivity contribution >= 4 is 5.78 Å². The fourth-order valence-corrected chi connectivity index (χ4v) is 3.38. The zero-order valence-corrected chi connectivity index (χ0v) is 12.3. The van der Waals surface area contributed by atoms with Crippen LogP contribution >= 0.6 is 0 Å². The number of aliphatic hydroxyl groups is 3. The Morgan fingerprint density at radius 3 is 2.61 bits per heavy atom. The summed E-state index contributed by atoms with van der Waals surface area (Å²) in [5, 5.41) is 49.7. The molecule has 0 bridgehead atoms. The van der Waals surface area contributed by atoms with Crippen molar-refractivity contribution in [3.8, 4) is 17.2 Å². The average molecular weight is 326 g/mol. The molecule has 0 unspecified atom stereocenters. The summed E-state index contributed by atoms with van der Waals surface area (Å²) in [4.78, 5) is 12.3. The van der Waals surface area contributed by atoms with Crippen molar-refractivity contribution in [3.05, 3.63) is 17.2 Å². The lowest BCUT2D eigenvalue weighted by atomic mass is 9.73. The van der Waals surface area contributed by atoms with Crippen LogP contribution in [0.15, 0.2) is 6.07 Å². The molecule has 1 heterocycles. The molecule has 126 valence electrons. The van der Waals surface area contributed by atoms with Crippen LogP contribution in [-0.4, -0.2) is 63.3 Å². The zero-order valence-electron chi connectivity index (χ0n) is 12.3. The van der Waals surface area contributed by atoms with E-state index in [0.29, 0.717) is 0 Å². The zero-order chi connectivity index (χ0) is 16.9. The van der Waals surface area contributed by atoms with Crippen LogP contribution in [0.5, 0.6) is 17.2 Å². The molecule has 3 rings (SSSR count). The fraction of sp³-hybridized carbons (Fsp3) is 0.533. The maximum absolute atomic E-state index is 12.3. The van der Waals surface area contributed by atoms with E-state index in [9.17, 15) is 30.3 Å². The van der Waals surface area contributed by atoms with E-state index in [1.807, 2.05) is 0 Å². The molecule has 2 aliphatic rings. The molecule has 0 amide bonds. The molecule has 0 spiro atoms. The topological polar surface area (TPSA) is 137 Å². The van der Waals surface area contributed by atoms with Gasteiger partial charge < -0.3 is 35.0 Å². The number of hydrogen-bond donors (Lipinski definition) is 5. The number of benzene rings is 1. The Bertz CT molecular complexity index is 643. The minimum atomic E-state index is -1.34. The van der Waals surface area contributed by atoms with Crippen molar-refractivity contribution in [2.24, 2.45) is 5.92 Å². The molecule has 1 aromatic rings. The van der Waals surface area contributed by atoms with Gasteiger partial charge in [0.15, 0.2) is 17.3 Å². The van der Waals surface area contributed by atoms with Crippen molar-refractivity contribution < 1.29 is 39.8 Å². The molecule has 1 aliphatic carbocycles. The monoisotopic (exact) mass is 326 g/mol. The maximum Gasteiger partial charge on any atom is 0.203 e. The van der Waals surface area contributed by atoms with Crippen LogP contribution in [0.2, 0.25) is 0 Å². The Morgan fingerprint density at radius 2 is 2.00 bits per heavy atom. The van der Waals surface area contributed by atoms with Crippen molar-refractivity contribution in [2.45, 2.75) is 30.8 Å². The van der Waals surface area contributed by atoms with Gasteiger partial charge in [0.25, 0.3) is 0 Å². The molecule has 23 heavy (non-hydrogen) atoms. The Balaban J connectivity index is 2.16. The third kappa shape index (κ3) is 2.26. The van der Waals surface area contributed by atoms with Gasteiger partial charge in [-0.2, -0.15) is 0 Å². The van der Waals surface area contributed by atoms with Crippen molar-refractivity contribution in [3.63, 3.8) is 0 Å². The van der Waals surface area contributed by atoms with Crippen molar-refractivity contribution in [1.29, 1.82) is 0 Å². The summed E-state index contributed by atoms with van der Waals surface area (Å²) in [5.74, 6) is -2.21. The first-order valence-corrected chi connectivity index (χ1v) is 7.19. The molecule has 1 aromatic carbocycles. The van der Waals surface area contributed by atoms with E-state index < -0.39 is 48.5 Å². The molecule has 8 heteroatoms. The molecular weight excluding hydrogens is 308 g/mol. The summed E-state index contributed by atoms with van der Waals surface area (Å²) >= 11 is 0. The first kappa shape index (κ1) is 16.0. The van der Waals surface area contributed by atoms with Crippen LogP contribution in [0.3, 0.4) is 0 Å². The Morgan fingerprint density at radius 1 is 1.30 bits per heavy atom. The molecule has 1 aliphatic heterocycles. The number of phenols is 2. The van der Waals surface area contributed by atoms with Gasteiger partial charge in [-0.05, 0) is 6.07 Å². The smallest absolute Gasteiger partial charge is 0.203 e. The van der Waals surface area contributed by atoms with Crippen molar-refractivity contribution in [1.82, 2.24) is 0 Å². The number of phenolic OH excluding ortho intramolecular Hbond substituents is 2. The highest BCUT2D eigenvalue weighted by molar-refractivity contribution is 6.00. The second-order valence-corrected chi connectivity index (χ2v) is 5.79. The quantitative estimate of drug-likeness (QED) is 0.489. The normalized spacial score (nSPS) is 33.0. The number of ketones is 1. The second-order valence-electron chi connectivity index (χ2n) is 5.79. The summed E-state index contributed by atoms with van der Waals surface area (Å²) in [6, 6.07) is 1.18. The van der Waals surface area contributed by atoms with E-state index in [1.54, 1.807) is 0 Å². The van der Waals surface area contributed by atoms with Crippen LogP contribution in [0.4, 0.5) is 0 Å². The minimum absolute atomic E-state index is 0.0716. The standard InChI is InChI=1S/C15H18O8/c1-22-15-8(18)2-5-7(17)3-6-11(19)12(20)9(4-16)23-14(6)10(5)13(15)21/h2,6,9,11-12,14,16,18-21H,3-4H2,1H3/t6-,9-,11-,12-,14-/m1/s1. The Kier molecular flexibility index (Phi) is 3.93. The highest BCUT2D eigenvalue weighted by atomic mass is 16.5. The molecule has 1 saturated heterocycles. The molecule has 5 N–H and O–H groups in total. The second kappa shape index (κ2) is 5.64. The third-order valence-corrected chi connectivity index (χ3v) is 4.54. The highest BCUT2D eigenvalue weighted by Gasteiger charge is 2.50. The summed E-state index contributed by atoms with van der Waals surface area (Å²) < 4.78 is 10.5. The summed E-state index contributed by atoms with van der Waals surface area (Å²) in [7, 11) is 1.25. The summed E-state index contributed by atoms with van der Waals surface area (Å²) in [6.45, 7) is -0.527. The molecule has 8 nitrogen and oxygen atoms in total. The molecular formula is C15H18O8. The number of hydrogen-bond acceptors (Lipinski definition) is 8. The molecule has 5 atom stereocenters. The minimum Gasteiger partial charge on any atom is -0.504 e. The average Bonchev–Trinajstić information content (AvgIpc) is 2.52. The number of aromatic hydroxyl groups is 2. The van der Waals surface area contributed by atoms with Gasteiger partial charge in [0.2, 0.25) is 5.75 Å². The number of ether oxygens (including phenoxy) is 2. The Labute approximate surface area is 131 Å². The predicted octanol–water partition coefficient (Wildman–Crippen LogP) is -0.537. The Hall–Kier alpha value is -1.87. The lowest BCUT2D eigenvalue weighted by molar-refractivity contribution is -0.212. The van der Waals surface area contributed by atoms with Gasteiger partial charge in [-0.1, -0.05) is 0 Å².